The highest BCUT2D eigenvalue weighted by Gasteiger charge is 2.40. The first-order valence-electron chi connectivity index (χ1n) is 11.5. The molecular weight excluding hydrogens is 535 g/mol. The summed E-state index contributed by atoms with van der Waals surface area (Å²) in [6.07, 6.45) is -1.08. The lowest BCUT2D eigenvalue weighted by molar-refractivity contribution is -0.153. The Balaban J connectivity index is 0.000000218. The topological polar surface area (TPSA) is 148 Å². The van der Waals surface area contributed by atoms with Crippen molar-refractivity contribution in [3.05, 3.63) is 81.1 Å². The average molecular weight is 558 g/mol. The standard InChI is InChI=1S/C13H9F3N2O3.C13H13N3OS/c1-2-7-8(6-17)12(21-10(7)13(14,15)16)18-11(19)9-4-3-5-20-9;1-3-9-8(2)18-13(10(9)7-14)16-12(17)11-5-4-6-15-11/h3-5H,2H2,1H3,(H,18,19);4-6,15H,3H2,1-2H3,(H,16,17). The van der Waals surface area contributed by atoms with Crippen LogP contribution in [0.2, 0.25) is 0 Å². The molecule has 4 rings (SSSR count). The second-order valence-electron chi connectivity index (χ2n) is 7.85. The number of nitriles is 2. The number of amides is 2. The van der Waals surface area contributed by atoms with Crippen LogP contribution >= 0.6 is 11.3 Å². The van der Waals surface area contributed by atoms with E-state index in [4.69, 9.17) is 9.68 Å². The van der Waals surface area contributed by atoms with Crippen LogP contribution < -0.4 is 10.6 Å². The molecule has 13 heteroatoms. The Labute approximate surface area is 224 Å². The molecule has 202 valence electrons. The summed E-state index contributed by atoms with van der Waals surface area (Å²) in [7, 11) is 0. The van der Waals surface area contributed by atoms with E-state index >= 15 is 0 Å². The number of aromatic amines is 1. The third-order valence-electron chi connectivity index (χ3n) is 5.45. The number of thiophene rings is 1. The monoisotopic (exact) mass is 557 g/mol. The highest BCUT2D eigenvalue weighted by molar-refractivity contribution is 7.16. The van der Waals surface area contributed by atoms with Crippen LogP contribution in [0.3, 0.4) is 0 Å². The van der Waals surface area contributed by atoms with Crippen LogP contribution in [0.25, 0.3) is 0 Å². The van der Waals surface area contributed by atoms with Gasteiger partial charge in [-0.25, -0.2) is 0 Å². The summed E-state index contributed by atoms with van der Waals surface area (Å²) in [4.78, 5) is 27.6. The van der Waals surface area contributed by atoms with Gasteiger partial charge in [-0.1, -0.05) is 13.8 Å². The first-order chi connectivity index (χ1) is 18.5. The zero-order chi connectivity index (χ0) is 28.7. The Kier molecular flexibility index (Phi) is 9.01. The van der Waals surface area contributed by atoms with Crippen molar-refractivity contribution in [2.75, 3.05) is 10.6 Å². The maximum Gasteiger partial charge on any atom is 0.449 e. The van der Waals surface area contributed by atoms with E-state index in [0.717, 1.165) is 16.9 Å². The van der Waals surface area contributed by atoms with E-state index in [1.54, 1.807) is 24.4 Å². The molecule has 0 unspecified atom stereocenters. The summed E-state index contributed by atoms with van der Waals surface area (Å²) in [5.41, 5.74) is 1.46. The van der Waals surface area contributed by atoms with Crippen LogP contribution in [0.15, 0.2) is 45.6 Å². The summed E-state index contributed by atoms with van der Waals surface area (Å²) < 4.78 is 48.0. The van der Waals surface area contributed by atoms with Crippen LogP contribution in [0.5, 0.6) is 0 Å². The fraction of sp³-hybridized carbons (Fsp3) is 0.231. The van der Waals surface area contributed by atoms with Crippen LogP contribution in [-0.4, -0.2) is 16.8 Å². The molecule has 0 atom stereocenters. The third-order valence-corrected chi connectivity index (χ3v) is 6.51. The number of hydrogen-bond acceptors (Lipinski definition) is 7. The third kappa shape index (κ3) is 6.40. The second-order valence-corrected chi connectivity index (χ2v) is 9.08. The normalized spacial score (nSPS) is 10.7. The highest BCUT2D eigenvalue weighted by atomic mass is 32.1. The number of nitrogens with zero attached hydrogens (tertiary/aromatic N) is 2. The number of aromatic nitrogens is 1. The molecule has 0 fully saturated rings. The van der Waals surface area contributed by atoms with Gasteiger partial charge in [0.1, 0.15) is 28.4 Å². The van der Waals surface area contributed by atoms with Gasteiger partial charge >= 0.3 is 6.18 Å². The highest BCUT2D eigenvalue weighted by Crippen LogP contribution is 2.39. The first kappa shape index (κ1) is 28.8. The minimum absolute atomic E-state index is 0.0577. The van der Waals surface area contributed by atoms with Crippen molar-refractivity contribution in [1.29, 1.82) is 10.5 Å². The van der Waals surface area contributed by atoms with E-state index in [0.29, 0.717) is 16.3 Å². The van der Waals surface area contributed by atoms with Gasteiger partial charge in [-0.3, -0.25) is 14.9 Å². The summed E-state index contributed by atoms with van der Waals surface area (Å²) in [6.45, 7) is 5.43. The number of rotatable bonds is 6. The molecule has 0 saturated heterocycles. The second kappa shape index (κ2) is 12.2. The molecule has 0 radical (unpaired) electrons. The Morgan fingerprint density at radius 3 is 2.23 bits per heavy atom. The van der Waals surface area contributed by atoms with E-state index < -0.39 is 23.7 Å². The number of nitrogens with one attached hydrogen (secondary N) is 3. The predicted molar refractivity (Wildman–Crippen MR) is 136 cm³/mol. The van der Waals surface area contributed by atoms with Gasteiger partial charge in [0, 0.05) is 16.6 Å². The Bertz CT molecular complexity index is 1540. The van der Waals surface area contributed by atoms with Crippen LogP contribution in [0.4, 0.5) is 24.1 Å². The van der Waals surface area contributed by atoms with Crippen molar-refractivity contribution >= 4 is 34.0 Å². The van der Waals surface area contributed by atoms with Crippen molar-refractivity contribution < 1.29 is 31.6 Å². The summed E-state index contributed by atoms with van der Waals surface area (Å²) >= 11 is 1.45. The predicted octanol–water partition coefficient (Wildman–Crippen LogP) is 6.65. The molecule has 0 saturated carbocycles. The van der Waals surface area contributed by atoms with Crippen molar-refractivity contribution in [2.24, 2.45) is 0 Å². The van der Waals surface area contributed by atoms with Crippen molar-refractivity contribution in [3.8, 4) is 12.1 Å². The number of alkyl halides is 3. The van der Waals surface area contributed by atoms with Crippen LogP contribution in [-0.2, 0) is 19.0 Å². The largest absolute Gasteiger partial charge is 0.459 e. The number of carbonyl (C=O) groups is 2. The Morgan fingerprint density at radius 1 is 1.03 bits per heavy atom. The van der Waals surface area contributed by atoms with E-state index in [9.17, 15) is 28.0 Å². The Hall–Kier alpha value is -4.75. The summed E-state index contributed by atoms with van der Waals surface area (Å²) in [5, 5.41) is 23.7. The van der Waals surface area contributed by atoms with Crippen molar-refractivity contribution in [2.45, 2.75) is 39.8 Å². The van der Waals surface area contributed by atoms with Gasteiger partial charge in [0.2, 0.25) is 11.6 Å². The molecule has 0 bridgehead atoms. The Morgan fingerprint density at radius 2 is 1.72 bits per heavy atom. The van der Waals surface area contributed by atoms with Gasteiger partial charge in [0.15, 0.2) is 5.76 Å². The van der Waals surface area contributed by atoms with E-state index in [1.807, 2.05) is 13.8 Å². The van der Waals surface area contributed by atoms with Crippen molar-refractivity contribution in [3.63, 3.8) is 0 Å². The molecule has 39 heavy (non-hydrogen) atoms. The lowest BCUT2D eigenvalue weighted by Crippen LogP contribution is -2.12. The number of aryl methyl sites for hydroxylation is 1. The molecular formula is C26H22F3N5O4S. The molecule has 4 aromatic heterocycles. The summed E-state index contributed by atoms with van der Waals surface area (Å²) in [6, 6.07) is 10.0. The number of H-pyrrole nitrogens is 1. The molecule has 4 aromatic rings. The summed E-state index contributed by atoms with van der Waals surface area (Å²) in [5.74, 6) is -2.96. The van der Waals surface area contributed by atoms with Gasteiger partial charge in [0.25, 0.3) is 11.8 Å². The van der Waals surface area contributed by atoms with Gasteiger partial charge in [-0.15, -0.1) is 11.3 Å². The average Bonchev–Trinajstić information content (AvgIpc) is 3.70. The van der Waals surface area contributed by atoms with Gasteiger partial charge in [-0.05, 0) is 49.6 Å². The van der Waals surface area contributed by atoms with Crippen LogP contribution in [0.1, 0.15) is 67.8 Å². The molecule has 2 amide bonds. The van der Waals surface area contributed by atoms with E-state index in [2.05, 4.69) is 26.1 Å². The SMILES string of the molecule is CCc1c(C(F)(F)F)oc(NC(=O)c2ccco2)c1C#N.CCc1c(C)sc(NC(=O)c2ccc[nH]2)c1C#N. The van der Waals surface area contributed by atoms with Gasteiger partial charge in [-0.2, -0.15) is 23.7 Å². The maximum absolute atomic E-state index is 12.8. The number of carbonyl (C=O) groups excluding carboxylic acids is 2. The zero-order valence-corrected chi connectivity index (χ0v) is 21.8. The first-order valence-corrected chi connectivity index (χ1v) is 12.3. The maximum atomic E-state index is 12.8. The smallest absolute Gasteiger partial charge is 0.449 e. The molecule has 4 heterocycles. The number of anilines is 2. The molecule has 9 nitrogen and oxygen atoms in total. The number of furan rings is 2. The molecule has 0 aliphatic heterocycles. The molecule has 0 aromatic carbocycles. The number of hydrogen-bond donors (Lipinski definition) is 3. The number of halogens is 3. The van der Waals surface area contributed by atoms with E-state index in [-0.39, 0.29) is 29.2 Å². The van der Waals surface area contributed by atoms with Crippen LogP contribution in [0, 0.1) is 29.6 Å². The van der Waals surface area contributed by atoms with Gasteiger partial charge < -0.3 is 19.1 Å². The van der Waals surface area contributed by atoms with Crippen molar-refractivity contribution in [1.82, 2.24) is 4.98 Å². The lowest BCUT2D eigenvalue weighted by atomic mass is 10.1. The van der Waals surface area contributed by atoms with Gasteiger partial charge in [0.05, 0.1) is 11.8 Å². The molecule has 0 aliphatic carbocycles. The molecule has 0 spiro atoms. The fourth-order valence-corrected chi connectivity index (χ4v) is 4.75. The fourth-order valence-electron chi connectivity index (χ4n) is 3.66. The lowest BCUT2D eigenvalue weighted by Gasteiger charge is -2.03. The minimum atomic E-state index is -4.75. The minimum Gasteiger partial charge on any atom is -0.459 e. The zero-order valence-electron chi connectivity index (χ0n) is 20.9. The molecule has 3 N–H and O–H groups in total. The van der Waals surface area contributed by atoms with E-state index in [1.165, 1.54) is 36.7 Å². The quantitative estimate of drug-likeness (QED) is 0.242. The molecule has 0 aliphatic rings.